The number of aliphatic hydroxyl groups excluding tert-OH is 1. The lowest BCUT2D eigenvalue weighted by Gasteiger charge is -2.42. The van der Waals surface area contributed by atoms with Gasteiger partial charge in [-0.25, -0.2) is 4.98 Å². The van der Waals surface area contributed by atoms with E-state index in [1.165, 1.54) is 17.0 Å². The van der Waals surface area contributed by atoms with Crippen molar-refractivity contribution in [3.8, 4) is 6.07 Å². The molecule has 2 fully saturated rings. The Morgan fingerprint density at radius 2 is 1.92 bits per heavy atom. The predicted molar refractivity (Wildman–Crippen MR) is 143 cm³/mol. The largest absolute Gasteiger partial charge is 0.392 e. The van der Waals surface area contributed by atoms with Gasteiger partial charge in [-0.2, -0.15) is 5.26 Å². The van der Waals surface area contributed by atoms with Crippen LogP contribution in [0.25, 0.3) is 0 Å². The van der Waals surface area contributed by atoms with E-state index in [0.29, 0.717) is 27.2 Å². The number of aromatic nitrogens is 1. The van der Waals surface area contributed by atoms with E-state index in [-0.39, 0.29) is 17.7 Å². The Hall–Kier alpha value is -3.45. The fraction of sp³-hybridized carbons (Fsp3) is 0.370. The molecule has 8 nitrogen and oxygen atoms in total. The number of nitrogens with zero attached hydrogens (tertiary/aromatic N) is 4. The lowest BCUT2D eigenvalue weighted by molar-refractivity contribution is 0.0398. The molecule has 0 saturated carbocycles. The first kappa shape index (κ1) is 24.3. The standard InChI is InChI=1S/C27H30N6O2S/c28-16-18-3-1-4-19(15-18)24(35)25-26(29)31-27(36-25)30-20-6-8-21(9-7-20)32-13-10-22(11-14-32)33-12-2-5-23(34)17-33/h1,3-4,6-9,15,22-23,34H,2,5,10-14,17,29H2,(H,30,31). The number of ketones is 1. The van der Waals surface area contributed by atoms with Crippen LogP contribution >= 0.6 is 11.3 Å². The first-order valence-corrected chi connectivity index (χ1v) is 13.2. The van der Waals surface area contributed by atoms with Gasteiger partial charge in [0.25, 0.3) is 0 Å². The number of carbonyl (C=O) groups is 1. The summed E-state index contributed by atoms with van der Waals surface area (Å²) in [5, 5.41) is 22.9. The van der Waals surface area contributed by atoms with Crippen molar-refractivity contribution in [2.45, 2.75) is 37.8 Å². The zero-order valence-electron chi connectivity index (χ0n) is 20.1. The van der Waals surface area contributed by atoms with Gasteiger partial charge in [0, 0.05) is 42.6 Å². The van der Waals surface area contributed by atoms with Crippen LogP contribution < -0.4 is 16.0 Å². The molecule has 1 atom stereocenters. The topological polar surface area (TPSA) is 119 Å². The number of nitriles is 1. The van der Waals surface area contributed by atoms with Gasteiger partial charge in [-0.3, -0.25) is 9.69 Å². The summed E-state index contributed by atoms with van der Waals surface area (Å²) in [6.45, 7) is 3.92. The summed E-state index contributed by atoms with van der Waals surface area (Å²) in [5.74, 6) is -0.0662. The summed E-state index contributed by atoms with van der Waals surface area (Å²) in [5.41, 5.74) is 8.95. The highest BCUT2D eigenvalue weighted by atomic mass is 32.1. The fourth-order valence-corrected chi connectivity index (χ4v) is 5.96. The van der Waals surface area contributed by atoms with Gasteiger partial charge in [-0.1, -0.05) is 23.5 Å². The first-order valence-electron chi connectivity index (χ1n) is 12.4. The van der Waals surface area contributed by atoms with E-state index in [0.717, 1.165) is 57.5 Å². The molecule has 5 rings (SSSR count). The lowest BCUT2D eigenvalue weighted by atomic mass is 9.98. The summed E-state index contributed by atoms with van der Waals surface area (Å²) in [4.78, 5) is 22.5. The number of hydrogen-bond donors (Lipinski definition) is 3. The molecular weight excluding hydrogens is 472 g/mol. The molecule has 1 aromatic heterocycles. The number of β-amino-alcohol motifs (C(OH)–C–C–N with tert-alkyl or cyclic N) is 1. The van der Waals surface area contributed by atoms with E-state index in [1.807, 2.05) is 12.1 Å². The molecule has 2 aromatic carbocycles. The van der Waals surface area contributed by atoms with E-state index in [4.69, 9.17) is 11.0 Å². The number of rotatable bonds is 6. The molecule has 3 aromatic rings. The maximum Gasteiger partial charge on any atom is 0.206 e. The van der Waals surface area contributed by atoms with Crippen molar-refractivity contribution in [3.63, 3.8) is 0 Å². The average Bonchev–Trinajstić information content (AvgIpc) is 3.28. The lowest BCUT2D eigenvalue weighted by Crippen LogP contribution is -2.49. The van der Waals surface area contributed by atoms with Crippen molar-refractivity contribution in [1.82, 2.24) is 9.88 Å². The highest BCUT2D eigenvalue weighted by Gasteiger charge is 2.28. The third-order valence-corrected chi connectivity index (χ3v) is 7.99. The molecule has 0 bridgehead atoms. The monoisotopic (exact) mass is 502 g/mol. The molecular formula is C27H30N6O2S. The van der Waals surface area contributed by atoms with Gasteiger partial charge >= 0.3 is 0 Å². The van der Waals surface area contributed by atoms with Crippen LogP contribution in [-0.4, -0.2) is 59.1 Å². The van der Waals surface area contributed by atoms with Crippen LogP contribution in [-0.2, 0) is 0 Å². The molecule has 1 unspecified atom stereocenters. The molecule has 3 heterocycles. The molecule has 36 heavy (non-hydrogen) atoms. The number of hydrogen-bond acceptors (Lipinski definition) is 9. The highest BCUT2D eigenvalue weighted by Crippen LogP contribution is 2.31. The fourth-order valence-electron chi connectivity index (χ4n) is 5.09. The molecule has 2 aliphatic rings. The van der Waals surface area contributed by atoms with Gasteiger partial charge < -0.3 is 21.1 Å². The van der Waals surface area contributed by atoms with Gasteiger partial charge in [-0.15, -0.1) is 0 Å². The molecule has 2 saturated heterocycles. The Kier molecular flexibility index (Phi) is 7.18. The van der Waals surface area contributed by atoms with Crippen LogP contribution in [0.1, 0.15) is 46.5 Å². The molecule has 0 aliphatic carbocycles. The quantitative estimate of drug-likeness (QED) is 0.433. The van der Waals surface area contributed by atoms with E-state index in [1.54, 1.807) is 24.3 Å². The number of nitrogens with one attached hydrogen (secondary N) is 1. The van der Waals surface area contributed by atoms with E-state index >= 15 is 0 Å². The number of benzene rings is 2. The number of anilines is 4. The minimum Gasteiger partial charge on any atom is -0.392 e. The number of likely N-dealkylation sites (tertiary alicyclic amines) is 1. The summed E-state index contributed by atoms with van der Waals surface area (Å²) >= 11 is 1.20. The van der Waals surface area contributed by atoms with E-state index in [2.05, 4.69) is 38.3 Å². The Morgan fingerprint density at radius 1 is 1.14 bits per heavy atom. The Bertz CT molecular complexity index is 1260. The van der Waals surface area contributed by atoms with Gasteiger partial charge in [0.15, 0.2) is 5.13 Å². The van der Waals surface area contributed by atoms with Crippen LogP contribution in [0.4, 0.5) is 22.3 Å². The van der Waals surface area contributed by atoms with Gasteiger partial charge in [0.05, 0.1) is 17.7 Å². The third-order valence-electron chi connectivity index (χ3n) is 7.01. The van der Waals surface area contributed by atoms with Crippen molar-refractivity contribution in [1.29, 1.82) is 5.26 Å². The number of carbonyl (C=O) groups excluding carboxylic acids is 1. The van der Waals surface area contributed by atoms with E-state index < -0.39 is 0 Å². The van der Waals surface area contributed by atoms with Crippen molar-refractivity contribution in [2.75, 3.05) is 42.1 Å². The normalized spacial score (nSPS) is 19.1. The zero-order chi connectivity index (χ0) is 25.1. The molecule has 2 aliphatic heterocycles. The maximum absolute atomic E-state index is 12.9. The number of nitrogen functional groups attached to an aromatic ring is 1. The molecule has 4 N–H and O–H groups in total. The van der Waals surface area contributed by atoms with Crippen molar-refractivity contribution < 1.29 is 9.90 Å². The van der Waals surface area contributed by atoms with Gasteiger partial charge in [0.2, 0.25) is 5.78 Å². The smallest absolute Gasteiger partial charge is 0.206 e. The minimum absolute atomic E-state index is 0.172. The van der Waals surface area contributed by atoms with Gasteiger partial charge in [-0.05, 0) is 68.6 Å². The number of thiazole rings is 1. The summed E-state index contributed by atoms with van der Waals surface area (Å²) < 4.78 is 0. The molecule has 0 radical (unpaired) electrons. The van der Waals surface area contributed by atoms with Crippen LogP contribution in [0.15, 0.2) is 48.5 Å². The Morgan fingerprint density at radius 3 is 2.64 bits per heavy atom. The van der Waals surface area contributed by atoms with Crippen molar-refractivity contribution in [3.05, 3.63) is 64.5 Å². The van der Waals surface area contributed by atoms with Crippen LogP contribution in [0.2, 0.25) is 0 Å². The second-order valence-electron chi connectivity index (χ2n) is 9.44. The van der Waals surface area contributed by atoms with Crippen molar-refractivity contribution >= 4 is 39.4 Å². The zero-order valence-corrected chi connectivity index (χ0v) is 20.9. The summed E-state index contributed by atoms with van der Waals surface area (Å²) in [6.07, 6.45) is 4.06. The molecule has 0 spiro atoms. The highest BCUT2D eigenvalue weighted by molar-refractivity contribution is 7.18. The third kappa shape index (κ3) is 5.36. The van der Waals surface area contributed by atoms with Crippen LogP contribution in [0, 0.1) is 11.3 Å². The SMILES string of the molecule is N#Cc1cccc(C(=O)c2sc(Nc3ccc(N4CCC(N5CCCC(O)C5)CC4)cc3)nc2N)c1. The Labute approximate surface area is 215 Å². The summed E-state index contributed by atoms with van der Waals surface area (Å²) in [7, 11) is 0. The number of piperidine rings is 2. The van der Waals surface area contributed by atoms with Crippen LogP contribution in [0.3, 0.4) is 0 Å². The second kappa shape index (κ2) is 10.7. The minimum atomic E-state index is -0.243. The molecule has 186 valence electrons. The molecule has 0 amide bonds. The summed E-state index contributed by atoms with van der Waals surface area (Å²) in [6, 6.07) is 17.4. The van der Waals surface area contributed by atoms with Crippen LogP contribution in [0.5, 0.6) is 0 Å². The predicted octanol–water partition coefficient (Wildman–Crippen LogP) is 4.00. The average molecular weight is 503 g/mol. The molecule has 9 heteroatoms. The van der Waals surface area contributed by atoms with Crippen molar-refractivity contribution in [2.24, 2.45) is 0 Å². The first-order chi connectivity index (χ1) is 17.5. The second-order valence-corrected chi connectivity index (χ2v) is 10.4. The van der Waals surface area contributed by atoms with Gasteiger partial charge in [0.1, 0.15) is 10.7 Å². The Balaban J connectivity index is 1.19. The van der Waals surface area contributed by atoms with E-state index in [9.17, 15) is 9.90 Å². The maximum atomic E-state index is 12.9. The number of nitrogens with two attached hydrogens (primary N) is 1. The number of aliphatic hydroxyl groups is 1.